The molecule has 0 aromatic heterocycles. The first kappa shape index (κ1) is 17.5. The molecule has 1 aliphatic rings. The number of amides is 1. The van der Waals surface area contributed by atoms with Gasteiger partial charge >= 0.3 is 0 Å². The van der Waals surface area contributed by atoms with E-state index in [1.54, 1.807) is 7.11 Å². The SMILES string of the molecule is COc1ccccc1C1CNCCN1C(=O)CC(C)c1ccccc1. The zero-order chi connectivity index (χ0) is 17.6. The first-order chi connectivity index (χ1) is 12.2. The van der Waals surface area contributed by atoms with Gasteiger partial charge in [-0.2, -0.15) is 0 Å². The van der Waals surface area contributed by atoms with Crippen molar-refractivity contribution in [2.24, 2.45) is 0 Å². The highest BCUT2D eigenvalue weighted by molar-refractivity contribution is 5.78. The second kappa shape index (κ2) is 8.17. The van der Waals surface area contributed by atoms with Crippen LogP contribution < -0.4 is 10.1 Å². The summed E-state index contributed by atoms with van der Waals surface area (Å²) < 4.78 is 5.51. The molecule has 1 amide bonds. The lowest BCUT2D eigenvalue weighted by Gasteiger charge is -2.37. The Morgan fingerprint density at radius 2 is 1.92 bits per heavy atom. The topological polar surface area (TPSA) is 41.6 Å². The number of methoxy groups -OCH3 is 1. The number of rotatable bonds is 5. The van der Waals surface area contributed by atoms with E-state index in [4.69, 9.17) is 4.74 Å². The Labute approximate surface area is 149 Å². The normalized spacial score (nSPS) is 18.6. The smallest absolute Gasteiger partial charge is 0.223 e. The maximum absolute atomic E-state index is 13.0. The molecule has 1 heterocycles. The van der Waals surface area contributed by atoms with E-state index >= 15 is 0 Å². The van der Waals surface area contributed by atoms with Crippen molar-refractivity contribution in [3.05, 3.63) is 65.7 Å². The Morgan fingerprint density at radius 3 is 2.68 bits per heavy atom. The lowest BCUT2D eigenvalue weighted by Crippen LogP contribution is -2.49. The van der Waals surface area contributed by atoms with Crippen LogP contribution in [0.2, 0.25) is 0 Å². The van der Waals surface area contributed by atoms with Crippen molar-refractivity contribution in [3.63, 3.8) is 0 Å². The lowest BCUT2D eigenvalue weighted by atomic mass is 9.95. The number of nitrogens with zero attached hydrogens (tertiary/aromatic N) is 1. The average Bonchev–Trinajstić information content (AvgIpc) is 2.68. The minimum atomic E-state index is 0.0142. The molecule has 0 radical (unpaired) electrons. The van der Waals surface area contributed by atoms with Gasteiger partial charge in [0.15, 0.2) is 0 Å². The van der Waals surface area contributed by atoms with Gasteiger partial charge in [-0.25, -0.2) is 0 Å². The molecular formula is C21H26N2O2. The van der Waals surface area contributed by atoms with Crippen LogP contribution in [-0.4, -0.2) is 37.6 Å². The number of carbonyl (C=O) groups is 1. The molecule has 1 saturated heterocycles. The van der Waals surface area contributed by atoms with Crippen LogP contribution >= 0.6 is 0 Å². The Bertz CT molecular complexity index is 702. The predicted octanol–water partition coefficient (Wildman–Crippen LogP) is 3.36. The van der Waals surface area contributed by atoms with Crippen LogP contribution in [-0.2, 0) is 4.79 Å². The monoisotopic (exact) mass is 338 g/mol. The van der Waals surface area contributed by atoms with Crippen molar-refractivity contribution in [1.82, 2.24) is 10.2 Å². The van der Waals surface area contributed by atoms with Gasteiger partial charge < -0.3 is 15.0 Å². The van der Waals surface area contributed by atoms with Crippen molar-refractivity contribution in [2.45, 2.75) is 25.3 Å². The summed E-state index contributed by atoms with van der Waals surface area (Å²) in [4.78, 5) is 15.0. The zero-order valence-electron chi connectivity index (χ0n) is 14.9. The van der Waals surface area contributed by atoms with E-state index in [9.17, 15) is 4.79 Å². The van der Waals surface area contributed by atoms with E-state index in [0.717, 1.165) is 30.9 Å². The van der Waals surface area contributed by atoms with Crippen molar-refractivity contribution in [1.29, 1.82) is 0 Å². The van der Waals surface area contributed by atoms with Crippen LogP contribution in [0.5, 0.6) is 5.75 Å². The molecule has 2 aromatic carbocycles. The lowest BCUT2D eigenvalue weighted by molar-refractivity contribution is -0.134. The third-order valence-corrected chi connectivity index (χ3v) is 4.91. The summed E-state index contributed by atoms with van der Waals surface area (Å²) in [6.07, 6.45) is 0.523. The molecule has 25 heavy (non-hydrogen) atoms. The highest BCUT2D eigenvalue weighted by Crippen LogP contribution is 2.31. The molecule has 3 rings (SSSR count). The molecule has 2 unspecified atom stereocenters. The predicted molar refractivity (Wildman–Crippen MR) is 99.8 cm³/mol. The molecular weight excluding hydrogens is 312 g/mol. The van der Waals surface area contributed by atoms with Crippen LogP contribution in [0.15, 0.2) is 54.6 Å². The number of nitrogens with one attached hydrogen (secondary N) is 1. The van der Waals surface area contributed by atoms with Gasteiger partial charge in [-0.3, -0.25) is 4.79 Å². The van der Waals surface area contributed by atoms with Crippen LogP contribution in [0.4, 0.5) is 0 Å². The fraction of sp³-hybridized carbons (Fsp3) is 0.381. The van der Waals surface area contributed by atoms with Crippen molar-refractivity contribution >= 4 is 5.91 Å². The molecule has 0 spiro atoms. The molecule has 0 aliphatic carbocycles. The summed E-state index contributed by atoms with van der Waals surface area (Å²) >= 11 is 0. The highest BCUT2D eigenvalue weighted by atomic mass is 16.5. The first-order valence-corrected chi connectivity index (χ1v) is 8.88. The summed E-state index contributed by atoms with van der Waals surface area (Å²) in [7, 11) is 1.68. The number of hydrogen-bond acceptors (Lipinski definition) is 3. The summed E-state index contributed by atoms with van der Waals surface area (Å²) in [5, 5.41) is 3.41. The number of piperazine rings is 1. The molecule has 1 aliphatic heterocycles. The zero-order valence-corrected chi connectivity index (χ0v) is 14.9. The van der Waals surface area contributed by atoms with Crippen LogP contribution in [0.1, 0.15) is 36.4 Å². The number of carbonyl (C=O) groups excluding carboxylic acids is 1. The fourth-order valence-electron chi connectivity index (χ4n) is 3.50. The summed E-state index contributed by atoms with van der Waals surface area (Å²) in [5.41, 5.74) is 2.28. The standard InChI is InChI=1S/C21H26N2O2/c1-16(17-8-4-3-5-9-17)14-21(24)23-13-12-22-15-19(23)18-10-6-7-11-20(18)25-2/h3-11,16,19,22H,12-15H2,1-2H3. The molecule has 1 fully saturated rings. The minimum Gasteiger partial charge on any atom is -0.496 e. The summed E-state index contributed by atoms with van der Waals surface area (Å²) in [5.74, 6) is 1.25. The van der Waals surface area contributed by atoms with Gasteiger partial charge in [-0.1, -0.05) is 55.5 Å². The largest absolute Gasteiger partial charge is 0.496 e. The Hall–Kier alpha value is -2.33. The van der Waals surface area contributed by atoms with E-state index in [1.807, 2.05) is 41.3 Å². The number of ether oxygens (including phenoxy) is 1. The third kappa shape index (κ3) is 4.02. The van der Waals surface area contributed by atoms with Crippen LogP contribution in [0, 0.1) is 0 Å². The van der Waals surface area contributed by atoms with Crippen molar-refractivity contribution in [3.8, 4) is 5.75 Å². The molecule has 4 heteroatoms. The molecule has 4 nitrogen and oxygen atoms in total. The number of hydrogen-bond donors (Lipinski definition) is 1. The Kier molecular flexibility index (Phi) is 5.71. The average molecular weight is 338 g/mol. The van der Waals surface area contributed by atoms with Gasteiger partial charge in [-0.05, 0) is 17.5 Å². The van der Waals surface area contributed by atoms with E-state index in [2.05, 4.69) is 30.4 Å². The molecule has 0 bridgehead atoms. The van der Waals surface area contributed by atoms with E-state index < -0.39 is 0 Å². The number of para-hydroxylation sites is 1. The van der Waals surface area contributed by atoms with Crippen molar-refractivity contribution in [2.75, 3.05) is 26.7 Å². The first-order valence-electron chi connectivity index (χ1n) is 8.88. The van der Waals surface area contributed by atoms with Crippen molar-refractivity contribution < 1.29 is 9.53 Å². The van der Waals surface area contributed by atoms with Gasteiger partial charge in [0.2, 0.25) is 5.91 Å². The third-order valence-electron chi connectivity index (χ3n) is 4.91. The summed E-state index contributed by atoms with van der Waals surface area (Å²) in [6, 6.07) is 18.2. The highest BCUT2D eigenvalue weighted by Gasteiger charge is 2.30. The fourth-order valence-corrected chi connectivity index (χ4v) is 3.50. The summed E-state index contributed by atoms with van der Waals surface area (Å²) in [6.45, 7) is 4.43. The van der Waals surface area contributed by atoms with E-state index in [0.29, 0.717) is 6.42 Å². The molecule has 2 aromatic rings. The van der Waals surface area contributed by atoms with Gasteiger partial charge in [0.25, 0.3) is 0 Å². The molecule has 132 valence electrons. The Morgan fingerprint density at radius 1 is 1.20 bits per heavy atom. The molecule has 0 saturated carbocycles. The molecule has 1 N–H and O–H groups in total. The van der Waals surface area contributed by atoms with Gasteiger partial charge in [0, 0.05) is 31.6 Å². The maximum atomic E-state index is 13.0. The quantitative estimate of drug-likeness (QED) is 0.909. The Balaban J connectivity index is 1.77. The van der Waals surface area contributed by atoms with Gasteiger partial charge in [0.05, 0.1) is 13.2 Å². The number of benzene rings is 2. The van der Waals surface area contributed by atoms with Crippen LogP contribution in [0.25, 0.3) is 0 Å². The second-order valence-corrected chi connectivity index (χ2v) is 6.56. The minimum absolute atomic E-state index is 0.0142. The molecule has 2 atom stereocenters. The second-order valence-electron chi connectivity index (χ2n) is 6.56. The van der Waals surface area contributed by atoms with E-state index in [-0.39, 0.29) is 17.9 Å². The van der Waals surface area contributed by atoms with Crippen LogP contribution in [0.3, 0.4) is 0 Å². The van der Waals surface area contributed by atoms with E-state index in [1.165, 1.54) is 5.56 Å². The maximum Gasteiger partial charge on any atom is 0.223 e. The van der Waals surface area contributed by atoms with Gasteiger partial charge in [0.1, 0.15) is 5.75 Å². The van der Waals surface area contributed by atoms with Gasteiger partial charge in [-0.15, -0.1) is 0 Å².